The number of aromatic nitrogens is 3. The van der Waals surface area contributed by atoms with Crippen molar-refractivity contribution >= 4 is 0 Å². The Morgan fingerprint density at radius 3 is 3.00 bits per heavy atom. The van der Waals surface area contributed by atoms with Crippen molar-refractivity contribution < 1.29 is 4.74 Å². The molecule has 4 heteroatoms. The summed E-state index contributed by atoms with van der Waals surface area (Å²) in [4.78, 5) is 0. The summed E-state index contributed by atoms with van der Waals surface area (Å²) in [5.41, 5.74) is 0.796. The number of allylic oxidation sites excluding steroid dienone is 1. The highest BCUT2D eigenvalue weighted by Gasteiger charge is 2.01. The second-order valence-corrected chi connectivity index (χ2v) is 3.39. The van der Waals surface area contributed by atoms with Crippen LogP contribution in [0.5, 0.6) is 0 Å². The average Bonchev–Trinajstić information content (AvgIpc) is 2.51. The molecule has 0 fully saturated rings. The van der Waals surface area contributed by atoms with Gasteiger partial charge in [-0.25, -0.2) is 0 Å². The fourth-order valence-corrected chi connectivity index (χ4v) is 0.986. The van der Waals surface area contributed by atoms with Crippen molar-refractivity contribution in [3.63, 3.8) is 0 Å². The number of ether oxygens (including phenoxy) is 1. The number of aromatic amines is 1. The summed E-state index contributed by atoms with van der Waals surface area (Å²) in [6.45, 7) is 8.52. The first-order chi connectivity index (χ1) is 6.18. The van der Waals surface area contributed by atoms with Gasteiger partial charge in [-0.15, -0.1) is 5.10 Å². The predicted octanol–water partition coefficient (Wildman–Crippen LogP) is 1.88. The minimum Gasteiger partial charge on any atom is -0.492 e. The van der Waals surface area contributed by atoms with E-state index in [0.717, 1.165) is 17.9 Å². The van der Waals surface area contributed by atoms with E-state index in [1.807, 2.05) is 0 Å². The molecule has 72 valence electrons. The highest BCUT2D eigenvalue weighted by atomic mass is 16.5. The number of hydrogen-bond donors (Lipinski definition) is 1. The van der Waals surface area contributed by atoms with E-state index >= 15 is 0 Å². The number of nitrogens with zero attached hydrogens (tertiary/aromatic N) is 2. The maximum absolute atomic E-state index is 5.38. The lowest BCUT2D eigenvalue weighted by atomic mass is 10.1. The monoisotopic (exact) mass is 181 g/mol. The van der Waals surface area contributed by atoms with Gasteiger partial charge in [-0.3, -0.25) is 5.10 Å². The van der Waals surface area contributed by atoms with Crippen LogP contribution in [-0.2, 0) is 11.3 Å². The first kappa shape index (κ1) is 9.77. The van der Waals surface area contributed by atoms with Crippen LogP contribution in [0.2, 0.25) is 0 Å². The molecule has 0 saturated heterocycles. The van der Waals surface area contributed by atoms with Crippen LogP contribution in [-0.4, -0.2) is 15.4 Å². The van der Waals surface area contributed by atoms with Crippen molar-refractivity contribution in [3.8, 4) is 0 Å². The van der Waals surface area contributed by atoms with Gasteiger partial charge in [0.25, 0.3) is 0 Å². The van der Waals surface area contributed by atoms with E-state index in [9.17, 15) is 0 Å². The molecule has 0 radical (unpaired) electrons. The maximum atomic E-state index is 5.38. The minimum atomic E-state index is 0.446. The highest BCUT2D eigenvalue weighted by molar-refractivity contribution is 4.90. The van der Waals surface area contributed by atoms with Crippen LogP contribution >= 0.6 is 0 Å². The third kappa shape index (κ3) is 3.73. The second-order valence-electron chi connectivity index (χ2n) is 3.39. The molecular weight excluding hydrogens is 166 g/mol. The lowest BCUT2D eigenvalue weighted by Crippen LogP contribution is -1.97. The van der Waals surface area contributed by atoms with Gasteiger partial charge in [0.1, 0.15) is 12.3 Å². The SMILES string of the molecule is C=C(CC(C)C)OCc1c[nH]nn1. The molecule has 4 nitrogen and oxygen atoms in total. The van der Waals surface area contributed by atoms with Gasteiger partial charge in [0.2, 0.25) is 0 Å². The van der Waals surface area contributed by atoms with E-state index in [4.69, 9.17) is 4.74 Å². The van der Waals surface area contributed by atoms with Crippen molar-refractivity contribution in [1.29, 1.82) is 0 Å². The zero-order valence-electron chi connectivity index (χ0n) is 8.08. The van der Waals surface area contributed by atoms with Gasteiger partial charge in [0, 0.05) is 12.6 Å². The van der Waals surface area contributed by atoms with E-state index in [1.54, 1.807) is 6.20 Å². The Kier molecular flexibility index (Phi) is 3.49. The molecule has 1 N–H and O–H groups in total. The van der Waals surface area contributed by atoms with Gasteiger partial charge in [0.15, 0.2) is 0 Å². The van der Waals surface area contributed by atoms with Crippen LogP contribution in [0.1, 0.15) is 26.0 Å². The first-order valence-corrected chi connectivity index (χ1v) is 4.34. The van der Waals surface area contributed by atoms with E-state index in [2.05, 4.69) is 35.8 Å². The molecule has 1 rings (SSSR count). The van der Waals surface area contributed by atoms with Crippen LogP contribution in [0, 0.1) is 5.92 Å². The van der Waals surface area contributed by atoms with E-state index < -0.39 is 0 Å². The van der Waals surface area contributed by atoms with Gasteiger partial charge in [-0.2, -0.15) is 0 Å². The van der Waals surface area contributed by atoms with Gasteiger partial charge < -0.3 is 4.74 Å². The fraction of sp³-hybridized carbons (Fsp3) is 0.556. The lowest BCUT2D eigenvalue weighted by molar-refractivity contribution is 0.180. The van der Waals surface area contributed by atoms with Crippen LogP contribution in [0.15, 0.2) is 18.5 Å². The predicted molar refractivity (Wildman–Crippen MR) is 49.8 cm³/mol. The molecule has 13 heavy (non-hydrogen) atoms. The largest absolute Gasteiger partial charge is 0.492 e. The third-order valence-electron chi connectivity index (χ3n) is 1.53. The number of H-pyrrole nitrogens is 1. The van der Waals surface area contributed by atoms with Crippen molar-refractivity contribution in [2.24, 2.45) is 5.92 Å². The summed E-state index contributed by atoms with van der Waals surface area (Å²) in [6.07, 6.45) is 2.60. The van der Waals surface area contributed by atoms with Crippen molar-refractivity contribution in [2.75, 3.05) is 0 Å². The van der Waals surface area contributed by atoms with E-state index in [1.165, 1.54) is 0 Å². The number of hydrogen-bond acceptors (Lipinski definition) is 3. The first-order valence-electron chi connectivity index (χ1n) is 4.34. The van der Waals surface area contributed by atoms with Crippen LogP contribution < -0.4 is 0 Å². The molecule has 0 amide bonds. The molecule has 0 unspecified atom stereocenters. The van der Waals surface area contributed by atoms with Crippen LogP contribution in [0.3, 0.4) is 0 Å². The quantitative estimate of drug-likeness (QED) is 0.705. The Morgan fingerprint density at radius 2 is 2.46 bits per heavy atom. The summed E-state index contributed by atoms with van der Waals surface area (Å²) in [7, 11) is 0. The van der Waals surface area contributed by atoms with Gasteiger partial charge in [-0.1, -0.05) is 25.6 Å². The van der Waals surface area contributed by atoms with E-state index in [-0.39, 0.29) is 0 Å². The highest BCUT2D eigenvalue weighted by Crippen LogP contribution is 2.11. The number of rotatable bonds is 5. The molecule has 0 bridgehead atoms. The molecule has 0 aliphatic rings. The summed E-state index contributed by atoms with van der Waals surface area (Å²) >= 11 is 0. The molecule has 0 saturated carbocycles. The normalized spacial score (nSPS) is 10.4. The van der Waals surface area contributed by atoms with Crippen LogP contribution in [0.25, 0.3) is 0 Å². The van der Waals surface area contributed by atoms with Crippen molar-refractivity contribution in [3.05, 3.63) is 24.2 Å². The van der Waals surface area contributed by atoms with E-state index in [0.29, 0.717) is 12.5 Å². The van der Waals surface area contributed by atoms with Crippen LogP contribution in [0.4, 0.5) is 0 Å². The molecule has 0 aliphatic carbocycles. The maximum Gasteiger partial charge on any atom is 0.133 e. The molecule has 1 heterocycles. The Bertz CT molecular complexity index is 254. The molecule has 1 aromatic heterocycles. The lowest BCUT2D eigenvalue weighted by Gasteiger charge is -2.09. The summed E-state index contributed by atoms with van der Waals surface area (Å²) < 4.78 is 5.38. The average molecular weight is 181 g/mol. The summed E-state index contributed by atoms with van der Waals surface area (Å²) in [5, 5.41) is 10.00. The molecule has 0 atom stereocenters. The Morgan fingerprint density at radius 1 is 1.69 bits per heavy atom. The number of nitrogens with one attached hydrogen (secondary N) is 1. The molecule has 0 spiro atoms. The Hall–Kier alpha value is -1.32. The molecule has 0 aromatic carbocycles. The van der Waals surface area contributed by atoms with Crippen molar-refractivity contribution in [2.45, 2.75) is 26.9 Å². The van der Waals surface area contributed by atoms with Crippen molar-refractivity contribution in [1.82, 2.24) is 15.4 Å². The standard InChI is InChI=1S/C9H15N3O/c1-7(2)4-8(3)13-6-9-5-10-12-11-9/h5,7H,3-4,6H2,1-2H3,(H,10,11,12). The molecular formula is C9H15N3O. The van der Waals surface area contributed by atoms with Gasteiger partial charge in [-0.05, 0) is 5.92 Å². The third-order valence-corrected chi connectivity index (χ3v) is 1.53. The second kappa shape index (κ2) is 4.64. The fourth-order valence-electron chi connectivity index (χ4n) is 0.986. The summed E-state index contributed by atoms with van der Waals surface area (Å²) in [6, 6.07) is 0. The zero-order chi connectivity index (χ0) is 9.68. The topological polar surface area (TPSA) is 50.8 Å². The molecule has 0 aliphatic heterocycles. The summed E-state index contributed by atoms with van der Waals surface area (Å²) in [5.74, 6) is 1.38. The van der Waals surface area contributed by atoms with Gasteiger partial charge in [0.05, 0.1) is 5.76 Å². The smallest absolute Gasteiger partial charge is 0.133 e. The Balaban J connectivity index is 2.23. The Labute approximate surface area is 78.0 Å². The van der Waals surface area contributed by atoms with Gasteiger partial charge >= 0.3 is 0 Å². The molecule has 1 aromatic rings. The minimum absolute atomic E-state index is 0.446. The zero-order valence-corrected chi connectivity index (χ0v) is 8.08.